The summed E-state index contributed by atoms with van der Waals surface area (Å²) in [6, 6.07) is 3.85. The monoisotopic (exact) mass is 263 g/mol. The molecule has 2 heterocycles. The minimum atomic E-state index is -0.406. The van der Waals surface area contributed by atoms with Crippen LogP contribution in [0.3, 0.4) is 0 Å². The molecule has 5 nitrogen and oxygen atoms in total. The Morgan fingerprint density at radius 3 is 2.89 bits per heavy atom. The summed E-state index contributed by atoms with van der Waals surface area (Å²) in [6.07, 6.45) is 6.13. The van der Waals surface area contributed by atoms with Crippen molar-refractivity contribution < 1.29 is 4.92 Å². The summed E-state index contributed by atoms with van der Waals surface area (Å²) in [5, 5.41) is 10.6. The number of pyridine rings is 1. The third-order valence-corrected chi connectivity index (χ3v) is 3.69. The van der Waals surface area contributed by atoms with E-state index >= 15 is 0 Å². The molecule has 1 atom stereocenters. The van der Waals surface area contributed by atoms with Crippen LogP contribution >= 0.6 is 0 Å². The number of nitrogens with zero attached hydrogens (tertiary/aromatic N) is 3. The topological polar surface area (TPSA) is 59.3 Å². The van der Waals surface area contributed by atoms with Crippen LogP contribution in [0.4, 0.5) is 11.5 Å². The van der Waals surface area contributed by atoms with Crippen molar-refractivity contribution in [2.75, 3.05) is 11.4 Å². The number of nitro groups is 1. The molecule has 0 radical (unpaired) electrons. The first kappa shape index (κ1) is 13.8. The van der Waals surface area contributed by atoms with Crippen molar-refractivity contribution in [3.63, 3.8) is 0 Å². The summed E-state index contributed by atoms with van der Waals surface area (Å²) in [5.41, 5.74) is 0.0571. The molecule has 1 aliphatic rings. The second kappa shape index (κ2) is 5.99. The molecule has 5 heteroatoms. The van der Waals surface area contributed by atoms with Crippen molar-refractivity contribution in [2.45, 2.75) is 45.6 Å². The summed E-state index contributed by atoms with van der Waals surface area (Å²) in [4.78, 5) is 16.8. The van der Waals surface area contributed by atoms with Crippen molar-refractivity contribution in [1.29, 1.82) is 0 Å². The molecule has 2 rings (SSSR count). The van der Waals surface area contributed by atoms with Gasteiger partial charge in [0.2, 0.25) is 0 Å². The van der Waals surface area contributed by atoms with E-state index < -0.39 is 4.92 Å². The maximum atomic E-state index is 10.6. The van der Waals surface area contributed by atoms with Crippen LogP contribution < -0.4 is 4.90 Å². The van der Waals surface area contributed by atoms with E-state index in [-0.39, 0.29) is 5.69 Å². The van der Waals surface area contributed by atoms with Crippen molar-refractivity contribution in [3.05, 3.63) is 28.4 Å². The SMILES string of the molecule is CC(C)CCC1CCCN1c1ccc([N+](=O)[O-])cn1. The van der Waals surface area contributed by atoms with Gasteiger partial charge in [-0.25, -0.2) is 4.98 Å². The van der Waals surface area contributed by atoms with E-state index in [9.17, 15) is 10.1 Å². The predicted octanol–water partition coefficient (Wildman–Crippen LogP) is 3.39. The number of rotatable bonds is 5. The number of hydrogen-bond donors (Lipinski definition) is 0. The third kappa shape index (κ3) is 3.43. The molecule has 0 bridgehead atoms. The highest BCUT2D eigenvalue weighted by atomic mass is 16.6. The van der Waals surface area contributed by atoms with E-state index in [0.29, 0.717) is 12.0 Å². The van der Waals surface area contributed by atoms with Gasteiger partial charge < -0.3 is 4.90 Å². The first-order valence-electron chi connectivity index (χ1n) is 6.95. The summed E-state index contributed by atoms with van der Waals surface area (Å²) in [6.45, 7) is 5.49. The zero-order chi connectivity index (χ0) is 13.8. The zero-order valence-corrected chi connectivity index (χ0v) is 11.6. The highest BCUT2D eigenvalue weighted by Crippen LogP contribution is 2.28. The molecule has 104 valence electrons. The highest BCUT2D eigenvalue weighted by molar-refractivity contribution is 5.44. The smallest absolute Gasteiger partial charge is 0.287 e. The van der Waals surface area contributed by atoms with Crippen molar-refractivity contribution in [2.24, 2.45) is 5.92 Å². The molecular weight excluding hydrogens is 242 g/mol. The molecule has 1 aromatic heterocycles. The molecule has 1 saturated heterocycles. The van der Waals surface area contributed by atoms with E-state index in [1.807, 2.05) is 0 Å². The lowest BCUT2D eigenvalue weighted by molar-refractivity contribution is -0.385. The third-order valence-electron chi connectivity index (χ3n) is 3.69. The average molecular weight is 263 g/mol. The lowest BCUT2D eigenvalue weighted by Gasteiger charge is -2.26. The van der Waals surface area contributed by atoms with Crippen molar-refractivity contribution in [1.82, 2.24) is 4.98 Å². The lowest BCUT2D eigenvalue weighted by atomic mass is 10.0. The van der Waals surface area contributed by atoms with Gasteiger partial charge in [0.05, 0.1) is 4.92 Å². The number of hydrogen-bond acceptors (Lipinski definition) is 4. The predicted molar refractivity (Wildman–Crippen MR) is 75.3 cm³/mol. The van der Waals surface area contributed by atoms with E-state index in [2.05, 4.69) is 23.7 Å². The Hall–Kier alpha value is -1.65. The van der Waals surface area contributed by atoms with Gasteiger partial charge in [0, 0.05) is 18.7 Å². The quantitative estimate of drug-likeness (QED) is 0.603. The van der Waals surface area contributed by atoms with Gasteiger partial charge in [-0.05, 0) is 37.7 Å². The molecule has 0 saturated carbocycles. The van der Waals surface area contributed by atoms with Crippen LogP contribution in [0.5, 0.6) is 0 Å². The standard InChI is InChI=1S/C14H21N3O2/c1-11(2)5-6-12-4-3-9-16(12)14-8-7-13(10-15-14)17(18)19/h7-8,10-12H,3-6,9H2,1-2H3. The molecule has 1 fully saturated rings. The van der Waals surface area contributed by atoms with Crippen LogP contribution in [-0.4, -0.2) is 22.5 Å². The van der Waals surface area contributed by atoms with Gasteiger partial charge in [0.1, 0.15) is 12.0 Å². The number of aromatic nitrogens is 1. The maximum Gasteiger partial charge on any atom is 0.287 e. The normalized spacial score (nSPS) is 19.1. The fourth-order valence-corrected chi connectivity index (χ4v) is 2.62. The summed E-state index contributed by atoms with van der Waals surface area (Å²) >= 11 is 0. The van der Waals surface area contributed by atoms with Crippen molar-refractivity contribution in [3.8, 4) is 0 Å². The second-order valence-electron chi connectivity index (χ2n) is 5.59. The Labute approximate surface area is 113 Å². The Kier molecular flexibility index (Phi) is 4.35. The molecule has 0 aromatic carbocycles. The van der Waals surface area contributed by atoms with Crippen LogP contribution in [0.25, 0.3) is 0 Å². The molecule has 0 amide bonds. The lowest BCUT2D eigenvalue weighted by Crippen LogP contribution is -2.30. The molecule has 19 heavy (non-hydrogen) atoms. The van der Waals surface area contributed by atoms with Crippen LogP contribution in [0.1, 0.15) is 39.5 Å². The second-order valence-corrected chi connectivity index (χ2v) is 5.59. The molecule has 1 aliphatic heterocycles. The average Bonchev–Trinajstić information content (AvgIpc) is 2.84. The van der Waals surface area contributed by atoms with Gasteiger partial charge in [0.15, 0.2) is 0 Å². The minimum absolute atomic E-state index is 0.0571. The molecule has 1 aromatic rings. The van der Waals surface area contributed by atoms with Crippen LogP contribution in [0.15, 0.2) is 18.3 Å². The number of anilines is 1. The van der Waals surface area contributed by atoms with Gasteiger partial charge in [0.25, 0.3) is 5.69 Å². The first-order valence-corrected chi connectivity index (χ1v) is 6.95. The minimum Gasteiger partial charge on any atom is -0.354 e. The van der Waals surface area contributed by atoms with Crippen molar-refractivity contribution >= 4 is 11.5 Å². The van der Waals surface area contributed by atoms with E-state index in [0.717, 1.165) is 12.4 Å². The highest BCUT2D eigenvalue weighted by Gasteiger charge is 2.25. The molecule has 0 spiro atoms. The first-order chi connectivity index (χ1) is 9.08. The largest absolute Gasteiger partial charge is 0.354 e. The molecule has 0 N–H and O–H groups in total. The molecule has 1 unspecified atom stereocenters. The summed E-state index contributed by atoms with van der Waals surface area (Å²) in [5.74, 6) is 1.59. The zero-order valence-electron chi connectivity index (χ0n) is 11.6. The molecular formula is C14H21N3O2. The Balaban J connectivity index is 2.04. The van der Waals surface area contributed by atoms with E-state index in [1.165, 1.54) is 31.9 Å². The maximum absolute atomic E-state index is 10.6. The van der Waals surface area contributed by atoms with Crippen LogP contribution in [-0.2, 0) is 0 Å². The van der Waals surface area contributed by atoms with Gasteiger partial charge in [-0.15, -0.1) is 0 Å². The van der Waals surface area contributed by atoms with Crippen LogP contribution in [0.2, 0.25) is 0 Å². The summed E-state index contributed by atoms with van der Waals surface area (Å²) in [7, 11) is 0. The Bertz CT molecular complexity index is 431. The van der Waals surface area contributed by atoms with Gasteiger partial charge in [-0.1, -0.05) is 13.8 Å². The van der Waals surface area contributed by atoms with Crippen LogP contribution in [0, 0.1) is 16.0 Å². The van der Waals surface area contributed by atoms with Gasteiger partial charge in [-0.3, -0.25) is 10.1 Å². The summed E-state index contributed by atoms with van der Waals surface area (Å²) < 4.78 is 0. The Morgan fingerprint density at radius 2 is 2.32 bits per heavy atom. The fraction of sp³-hybridized carbons (Fsp3) is 0.643. The molecule has 0 aliphatic carbocycles. The van der Waals surface area contributed by atoms with Gasteiger partial charge in [-0.2, -0.15) is 0 Å². The van der Waals surface area contributed by atoms with Gasteiger partial charge >= 0.3 is 0 Å². The van der Waals surface area contributed by atoms with E-state index in [1.54, 1.807) is 12.1 Å². The Morgan fingerprint density at radius 1 is 1.53 bits per heavy atom. The van der Waals surface area contributed by atoms with E-state index in [4.69, 9.17) is 0 Å². The fourth-order valence-electron chi connectivity index (χ4n) is 2.62.